The number of carboxylic acid groups (broad SMARTS) is 1. The smallest absolute Gasteiger partial charge is 0.308 e. The molecular weight excluding hydrogens is 434 g/mol. The molecule has 4 rings (SSSR count). The first kappa shape index (κ1) is 22.6. The van der Waals surface area contributed by atoms with E-state index in [1.807, 2.05) is 6.21 Å². The Labute approximate surface area is 187 Å². The average Bonchev–Trinajstić information content (AvgIpc) is 3.19. The summed E-state index contributed by atoms with van der Waals surface area (Å²) in [5.74, 6) is -0.587. The summed E-state index contributed by atoms with van der Waals surface area (Å²) in [5, 5.41) is 13.5. The summed E-state index contributed by atoms with van der Waals surface area (Å²) in [6.07, 6.45) is 5.76. The van der Waals surface area contributed by atoms with Gasteiger partial charge in [-0.05, 0) is 30.1 Å². The molecule has 1 fully saturated rings. The number of hydrogen-bond donors (Lipinski definition) is 1. The zero-order valence-corrected chi connectivity index (χ0v) is 19.0. The molecule has 1 N–H and O–H groups in total. The van der Waals surface area contributed by atoms with E-state index in [0.717, 1.165) is 5.70 Å². The molecule has 1 aromatic rings. The Bertz CT molecular complexity index is 1100. The number of sulfonamides is 1. The number of carboxylic acids is 1. The molecule has 0 aromatic heterocycles. The van der Waals surface area contributed by atoms with Gasteiger partial charge in [-0.25, -0.2) is 8.42 Å². The van der Waals surface area contributed by atoms with Crippen LogP contribution in [0.4, 0.5) is 0 Å². The topological polar surface area (TPSA) is 109 Å². The minimum absolute atomic E-state index is 0.0760. The zero-order chi connectivity index (χ0) is 22.9. The van der Waals surface area contributed by atoms with Gasteiger partial charge in [0.1, 0.15) is 12.0 Å². The molecule has 10 heteroatoms. The lowest BCUT2D eigenvalue weighted by molar-refractivity contribution is -0.480. The Morgan fingerprint density at radius 2 is 2.03 bits per heavy atom. The Morgan fingerprint density at radius 3 is 2.69 bits per heavy atom. The summed E-state index contributed by atoms with van der Waals surface area (Å²) in [7, 11) is -0.548. The van der Waals surface area contributed by atoms with Crippen LogP contribution in [-0.2, 0) is 19.6 Å². The molecule has 3 heterocycles. The maximum absolute atomic E-state index is 13.6. The van der Waals surface area contributed by atoms with Crippen LogP contribution >= 0.6 is 0 Å². The fourth-order valence-electron chi connectivity index (χ4n) is 4.66. The van der Waals surface area contributed by atoms with Gasteiger partial charge in [0.25, 0.3) is 0 Å². The summed E-state index contributed by atoms with van der Waals surface area (Å²) in [6.45, 7) is 0.813. The quantitative estimate of drug-likeness (QED) is 0.622. The maximum atomic E-state index is 13.6. The molecule has 3 aliphatic heterocycles. The average molecular weight is 463 g/mol. The molecule has 0 aliphatic carbocycles. The van der Waals surface area contributed by atoms with Crippen LogP contribution in [0.3, 0.4) is 0 Å². The first-order valence-corrected chi connectivity index (χ1v) is 12.1. The number of allylic oxidation sites excluding steroid dienone is 1. The van der Waals surface area contributed by atoms with E-state index < -0.39 is 16.0 Å². The predicted octanol–water partition coefficient (Wildman–Crippen LogP) is 2.18. The van der Waals surface area contributed by atoms with Gasteiger partial charge < -0.3 is 14.6 Å². The molecule has 32 heavy (non-hydrogen) atoms. The van der Waals surface area contributed by atoms with Crippen molar-refractivity contribution in [3.63, 3.8) is 0 Å². The molecular formula is C22H28N3O6S+. The molecule has 3 aliphatic rings. The molecule has 0 radical (unpaired) electrons. The Morgan fingerprint density at radius 1 is 1.28 bits per heavy atom. The molecule has 172 valence electrons. The molecule has 0 amide bonds. The second kappa shape index (κ2) is 9.13. The van der Waals surface area contributed by atoms with E-state index in [9.17, 15) is 18.3 Å². The number of hydrazone groups is 1. The molecule has 0 saturated carbocycles. The van der Waals surface area contributed by atoms with Gasteiger partial charge in [0.05, 0.1) is 30.1 Å². The lowest BCUT2D eigenvalue weighted by Crippen LogP contribution is -2.41. The third-order valence-corrected chi connectivity index (χ3v) is 8.29. The summed E-state index contributed by atoms with van der Waals surface area (Å²) >= 11 is 0. The van der Waals surface area contributed by atoms with Crippen molar-refractivity contribution in [1.82, 2.24) is 4.31 Å². The fourth-order valence-corrected chi connectivity index (χ4v) is 6.42. The fraction of sp³-hybridized carbons (Fsp3) is 0.500. The summed E-state index contributed by atoms with van der Waals surface area (Å²) in [4.78, 5) is 11.5. The van der Waals surface area contributed by atoms with Crippen LogP contribution in [0.2, 0.25) is 0 Å². The first-order chi connectivity index (χ1) is 15.3. The number of ether oxygens (including phenoxy) is 2. The standard InChI is InChI=1S/C22H27N3O6S/c1-30-17-7-9-24(10-8-17)32(28,29)20-5-3-4-19(31-2)22(20)15-6-11-25-18(12-15)16(14-23-25)13-21(26)27/h3-5,11,14-15,17H,6-10,12-13H2,1-2H3/p+1. The highest BCUT2D eigenvalue weighted by Gasteiger charge is 2.39. The van der Waals surface area contributed by atoms with Crippen LogP contribution < -0.4 is 4.74 Å². The monoisotopic (exact) mass is 462 g/mol. The Hall–Kier alpha value is -2.56. The number of carbonyl (C=O) groups is 1. The molecule has 1 saturated heterocycles. The number of nitrogens with zero attached hydrogens (tertiary/aromatic N) is 3. The van der Waals surface area contributed by atoms with Crippen molar-refractivity contribution in [2.75, 3.05) is 27.3 Å². The Balaban J connectivity index is 1.71. The van der Waals surface area contributed by atoms with E-state index >= 15 is 0 Å². The highest BCUT2D eigenvalue weighted by atomic mass is 32.2. The van der Waals surface area contributed by atoms with E-state index in [4.69, 9.17) is 9.47 Å². The van der Waals surface area contributed by atoms with Crippen molar-refractivity contribution in [2.45, 2.75) is 49.0 Å². The molecule has 1 atom stereocenters. The van der Waals surface area contributed by atoms with Crippen molar-refractivity contribution >= 4 is 28.4 Å². The third kappa shape index (κ3) is 4.22. The van der Waals surface area contributed by atoms with Gasteiger partial charge in [-0.3, -0.25) is 4.79 Å². The van der Waals surface area contributed by atoms with Crippen LogP contribution in [0.25, 0.3) is 0 Å². The van der Waals surface area contributed by atoms with E-state index in [2.05, 4.69) is 5.10 Å². The number of aliphatic carboxylic acids is 1. The van der Waals surface area contributed by atoms with E-state index in [1.54, 1.807) is 36.2 Å². The third-order valence-electron chi connectivity index (χ3n) is 6.34. The van der Waals surface area contributed by atoms with Gasteiger partial charge in [0.15, 0.2) is 6.21 Å². The number of rotatable bonds is 7. The highest BCUT2D eigenvalue weighted by Crippen LogP contribution is 2.42. The molecule has 9 nitrogen and oxygen atoms in total. The van der Waals surface area contributed by atoms with E-state index in [1.165, 1.54) is 11.4 Å². The summed E-state index contributed by atoms with van der Waals surface area (Å²) in [6, 6.07) is 5.11. The largest absolute Gasteiger partial charge is 0.496 e. The number of fused-ring (bicyclic) bond motifs is 1. The number of piperidine rings is 1. The minimum atomic E-state index is -3.73. The predicted molar refractivity (Wildman–Crippen MR) is 118 cm³/mol. The van der Waals surface area contributed by atoms with Crippen molar-refractivity contribution < 1.29 is 32.5 Å². The second-order valence-electron chi connectivity index (χ2n) is 8.16. The number of benzene rings is 1. The summed E-state index contributed by atoms with van der Waals surface area (Å²) < 4.78 is 41.5. The Kier molecular flexibility index (Phi) is 6.45. The van der Waals surface area contributed by atoms with Crippen LogP contribution in [0.15, 0.2) is 39.5 Å². The van der Waals surface area contributed by atoms with Crippen LogP contribution in [0.5, 0.6) is 5.75 Å². The van der Waals surface area contributed by atoms with Crippen molar-refractivity contribution in [2.24, 2.45) is 5.10 Å². The van der Waals surface area contributed by atoms with Gasteiger partial charge in [-0.15, -0.1) is 0 Å². The van der Waals surface area contributed by atoms with E-state index in [0.29, 0.717) is 55.7 Å². The lowest BCUT2D eigenvalue weighted by Gasteiger charge is -2.32. The molecule has 0 bridgehead atoms. The first-order valence-electron chi connectivity index (χ1n) is 10.6. The van der Waals surface area contributed by atoms with E-state index in [-0.39, 0.29) is 23.3 Å². The van der Waals surface area contributed by atoms with Gasteiger partial charge in [-0.2, -0.15) is 4.31 Å². The maximum Gasteiger partial charge on any atom is 0.308 e. The minimum Gasteiger partial charge on any atom is -0.496 e. The number of hydrogen-bond acceptors (Lipinski definition) is 6. The second-order valence-corrected chi connectivity index (χ2v) is 10.1. The number of methoxy groups -OCH3 is 2. The van der Waals surface area contributed by atoms with Gasteiger partial charge in [0.2, 0.25) is 15.7 Å². The normalized spacial score (nSPS) is 22.1. The van der Waals surface area contributed by atoms with Crippen LogP contribution in [-0.4, -0.2) is 74.3 Å². The molecule has 0 spiro atoms. The SMILES string of the molecule is COc1cccc(S(=O)(=O)N2CCC(OC)CC2)c1C1CC=[N+]2N=CC(CC(=O)O)=C2C1. The van der Waals surface area contributed by atoms with Crippen molar-refractivity contribution in [3.8, 4) is 5.75 Å². The van der Waals surface area contributed by atoms with Gasteiger partial charge in [0, 0.05) is 44.5 Å². The molecule has 1 aromatic carbocycles. The van der Waals surface area contributed by atoms with Crippen LogP contribution in [0.1, 0.15) is 43.6 Å². The van der Waals surface area contributed by atoms with Crippen molar-refractivity contribution in [3.05, 3.63) is 35.0 Å². The van der Waals surface area contributed by atoms with Crippen molar-refractivity contribution in [1.29, 1.82) is 0 Å². The summed E-state index contributed by atoms with van der Waals surface area (Å²) in [5.41, 5.74) is 2.06. The lowest BCUT2D eigenvalue weighted by atomic mass is 9.87. The van der Waals surface area contributed by atoms with Crippen LogP contribution in [0, 0.1) is 0 Å². The van der Waals surface area contributed by atoms with Gasteiger partial charge >= 0.3 is 5.97 Å². The molecule has 1 unspecified atom stereocenters. The highest BCUT2D eigenvalue weighted by molar-refractivity contribution is 7.89. The van der Waals surface area contributed by atoms with Gasteiger partial charge in [-0.1, -0.05) is 10.8 Å². The zero-order valence-electron chi connectivity index (χ0n) is 18.2.